The lowest BCUT2D eigenvalue weighted by molar-refractivity contribution is -0.0498. The van der Waals surface area contributed by atoms with Gasteiger partial charge in [-0.3, -0.25) is 4.90 Å². The van der Waals surface area contributed by atoms with E-state index in [1.165, 1.54) is 0 Å². The number of likely N-dealkylation sites (tertiary alicyclic amines) is 1. The van der Waals surface area contributed by atoms with Gasteiger partial charge in [-0.05, 0) is 43.6 Å². The van der Waals surface area contributed by atoms with Crippen LogP contribution in [0, 0.1) is 0 Å². The van der Waals surface area contributed by atoms with Crippen LogP contribution in [0.15, 0.2) is 24.3 Å². The van der Waals surface area contributed by atoms with E-state index in [1.807, 2.05) is 12.1 Å². The highest BCUT2D eigenvalue weighted by Gasteiger charge is 2.15. The lowest BCUT2D eigenvalue weighted by Crippen LogP contribution is -2.39. The molecule has 0 atom stereocenters. The molecule has 1 aromatic carbocycles. The Kier molecular flexibility index (Phi) is 4.49. The molecule has 0 spiro atoms. The maximum Gasteiger partial charge on any atom is 0.387 e. The maximum atomic E-state index is 12.0. The number of piperidine rings is 1. The summed E-state index contributed by atoms with van der Waals surface area (Å²) in [4.78, 5) is 2.33. The molecule has 0 aromatic heterocycles. The van der Waals surface area contributed by atoms with Gasteiger partial charge in [0.05, 0.1) is 0 Å². The zero-order valence-electron chi connectivity index (χ0n) is 10.2. The quantitative estimate of drug-likeness (QED) is 0.897. The molecule has 0 amide bonds. The molecule has 0 aliphatic carbocycles. The van der Waals surface area contributed by atoms with Gasteiger partial charge in [-0.25, -0.2) is 0 Å². The van der Waals surface area contributed by atoms with Crippen molar-refractivity contribution in [2.24, 2.45) is 5.73 Å². The van der Waals surface area contributed by atoms with Crippen LogP contribution < -0.4 is 10.5 Å². The average Bonchev–Trinajstić information content (AvgIpc) is 2.34. The minimum absolute atomic E-state index is 0.203. The van der Waals surface area contributed by atoms with E-state index in [-0.39, 0.29) is 5.75 Å². The number of nitrogens with zero attached hydrogens (tertiary/aromatic N) is 1. The molecule has 0 unspecified atom stereocenters. The number of alkyl halides is 2. The maximum absolute atomic E-state index is 12.0. The summed E-state index contributed by atoms with van der Waals surface area (Å²) in [6.45, 7) is 0.0635. The molecule has 1 aliphatic rings. The first-order chi connectivity index (χ1) is 8.63. The number of ether oxygens (including phenoxy) is 1. The fraction of sp³-hybridized carbons (Fsp3) is 0.538. The van der Waals surface area contributed by atoms with Crippen molar-refractivity contribution >= 4 is 0 Å². The summed E-state index contributed by atoms with van der Waals surface area (Å²) in [5, 5.41) is 0. The molecule has 2 N–H and O–H groups in total. The van der Waals surface area contributed by atoms with Gasteiger partial charge in [0.2, 0.25) is 0 Å². The molecule has 0 saturated carbocycles. The second-order valence-electron chi connectivity index (χ2n) is 4.64. The van der Waals surface area contributed by atoms with Crippen LogP contribution in [0.25, 0.3) is 0 Å². The third-order valence-electron chi connectivity index (χ3n) is 3.19. The van der Waals surface area contributed by atoms with Crippen molar-refractivity contribution < 1.29 is 13.5 Å². The van der Waals surface area contributed by atoms with Crippen LogP contribution in [0.2, 0.25) is 0 Å². The molecule has 1 aromatic rings. The number of rotatable bonds is 4. The van der Waals surface area contributed by atoms with Gasteiger partial charge < -0.3 is 10.5 Å². The highest BCUT2D eigenvalue weighted by molar-refractivity contribution is 5.27. The molecule has 2 rings (SSSR count). The molecular weight excluding hydrogens is 238 g/mol. The zero-order chi connectivity index (χ0) is 13.0. The summed E-state index contributed by atoms with van der Waals surface area (Å²) in [5.41, 5.74) is 6.95. The smallest absolute Gasteiger partial charge is 0.387 e. The Morgan fingerprint density at radius 3 is 2.39 bits per heavy atom. The first-order valence-electron chi connectivity index (χ1n) is 6.15. The van der Waals surface area contributed by atoms with Gasteiger partial charge in [-0.1, -0.05) is 12.1 Å². The molecule has 18 heavy (non-hydrogen) atoms. The van der Waals surface area contributed by atoms with Gasteiger partial charge in [0, 0.05) is 12.6 Å². The Bertz CT molecular complexity index is 362. The normalized spacial score (nSPS) is 18.2. The SMILES string of the molecule is NC1CCN(Cc2ccc(OC(F)F)cc2)CC1. The van der Waals surface area contributed by atoms with E-state index >= 15 is 0 Å². The van der Waals surface area contributed by atoms with E-state index in [4.69, 9.17) is 5.73 Å². The van der Waals surface area contributed by atoms with E-state index in [9.17, 15) is 8.78 Å². The van der Waals surface area contributed by atoms with Gasteiger partial charge in [0.15, 0.2) is 0 Å². The highest BCUT2D eigenvalue weighted by Crippen LogP contribution is 2.17. The molecule has 0 radical (unpaired) electrons. The lowest BCUT2D eigenvalue weighted by atomic mass is 10.1. The number of nitrogens with two attached hydrogens (primary N) is 1. The monoisotopic (exact) mass is 256 g/mol. The van der Waals surface area contributed by atoms with E-state index in [2.05, 4.69) is 9.64 Å². The van der Waals surface area contributed by atoms with E-state index in [0.29, 0.717) is 6.04 Å². The third kappa shape index (κ3) is 3.92. The van der Waals surface area contributed by atoms with Gasteiger partial charge in [0.25, 0.3) is 0 Å². The highest BCUT2D eigenvalue weighted by atomic mass is 19.3. The molecule has 3 nitrogen and oxygen atoms in total. The molecule has 100 valence electrons. The molecule has 1 saturated heterocycles. The minimum Gasteiger partial charge on any atom is -0.435 e. The van der Waals surface area contributed by atoms with Crippen LogP contribution in [0.1, 0.15) is 18.4 Å². The number of halogens is 2. The van der Waals surface area contributed by atoms with Gasteiger partial charge in [-0.15, -0.1) is 0 Å². The van der Waals surface area contributed by atoms with Crippen molar-refractivity contribution in [3.63, 3.8) is 0 Å². The van der Waals surface area contributed by atoms with Gasteiger partial charge in [-0.2, -0.15) is 8.78 Å². The summed E-state index contributed by atoms with van der Waals surface area (Å²) in [6.07, 6.45) is 2.04. The minimum atomic E-state index is -2.76. The third-order valence-corrected chi connectivity index (χ3v) is 3.19. The first-order valence-corrected chi connectivity index (χ1v) is 6.15. The standard InChI is InChI=1S/C13H18F2N2O/c14-13(15)18-12-3-1-10(2-4-12)9-17-7-5-11(16)6-8-17/h1-4,11,13H,5-9,16H2. The van der Waals surface area contributed by atoms with Crippen molar-refractivity contribution in [1.82, 2.24) is 4.90 Å². The summed E-state index contributed by atoms with van der Waals surface area (Å²) >= 11 is 0. The molecule has 0 bridgehead atoms. The number of hydrogen-bond acceptors (Lipinski definition) is 3. The summed E-state index contributed by atoms with van der Waals surface area (Å²) in [5.74, 6) is 0.203. The summed E-state index contributed by atoms with van der Waals surface area (Å²) in [7, 11) is 0. The second kappa shape index (κ2) is 6.11. The van der Waals surface area contributed by atoms with Crippen molar-refractivity contribution in [3.05, 3.63) is 29.8 Å². The van der Waals surface area contributed by atoms with E-state index < -0.39 is 6.61 Å². The molecule has 5 heteroatoms. The number of benzene rings is 1. The second-order valence-corrected chi connectivity index (χ2v) is 4.64. The van der Waals surface area contributed by atoms with Crippen molar-refractivity contribution in [2.75, 3.05) is 13.1 Å². The summed E-state index contributed by atoms with van der Waals surface area (Å²) < 4.78 is 28.3. The molecule has 1 fully saturated rings. The largest absolute Gasteiger partial charge is 0.435 e. The zero-order valence-corrected chi connectivity index (χ0v) is 10.2. The lowest BCUT2D eigenvalue weighted by Gasteiger charge is -2.30. The Hall–Kier alpha value is -1.20. The Morgan fingerprint density at radius 1 is 1.22 bits per heavy atom. The molecular formula is C13H18F2N2O. The fourth-order valence-electron chi connectivity index (χ4n) is 2.15. The predicted molar refractivity (Wildman–Crippen MR) is 65.6 cm³/mol. The topological polar surface area (TPSA) is 38.5 Å². The van der Waals surface area contributed by atoms with Gasteiger partial charge >= 0.3 is 6.61 Å². The fourth-order valence-corrected chi connectivity index (χ4v) is 2.15. The van der Waals surface area contributed by atoms with Crippen LogP contribution in [-0.2, 0) is 6.54 Å². The molecule has 1 heterocycles. The average molecular weight is 256 g/mol. The van der Waals surface area contributed by atoms with Crippen LogP contribution in [0.5, 0.6) is 5.75 Å². The van der Waals surface area contributed by atoms with Crippen LogP contribution >= 0.6 is 0 Å². The van der Waals surface area contributed by atoms with Crippen molar-refractivity contribution in [1.29, 1.82) is 0 Å². The predicted octanol–water partition coefficient (Wildman–Crippen LogP) is 2.21. The van der Waals surface area contributed by atoms with Gasteiger partial charge in [0.1, 0.15) is 5.75 Å². The van der Waals surface area contributed by atoms with Crippen molar-refractivity contribution in [2.45, 2.75) is 32.0 Å². The van der Waals surface area contributed by atoms with Crippen LogP contribution in [-0.4, -0.2) is 30.6 Å². The van der Waals surface area contributed by atoms with Crippen LogP contribution in [0.4, 0.5) is 8.78 Å². The Labute approximate surface area is 106 Å². The van der Waals surface area contributed by atoms with E-state index in [1.54, 1.807) is 12.1 Å². The Morgan fingerprint density at radius 2 is 1.83 bits per heavy atom. The van der Waals surface area contributed by atoms with Crippen LogP contribution in [0.3, 0.4) is 0 Å². The first kappa shape index (κ1) is 13.2. The van der Waals surface area contributed by atoms with E-state index in [0.717, 1.165) is 38.0 Å². The number of hydrogen-bond donors (Lipinski definition) is 1. The summed E-state index contributed by atoms with van der Waals surface area (Å²) in [6, 6.07) is 7.13. The molecule has 1 aliphatic heterocycles. The Balaban J connectivity index is 1.86. The van der Waals surface area contributed by atoms with Crippen molar-refractivity contribution in [3.8, 4) is 5.75 Å².